The molecule has 0 spiro atoms. The molecule has 0 atom stereocenters. The zero-order chi connectivity index (χ0) is 19.6. The number of nitrogens with zero attached hydrogens (tertiary/aromatic N) is 3. The predicted octanol–water partition coefficient (Wildman–Crippen LogP) is 3.28. The number of amides is 1. The first kappa shape index (κ1) is 18.4. The molecule has 27 heavy (non-hydrogen) atoms. The molecule has 10 heteroatoms. The fourth-order valence-corrected chi connectivity index (χ4v) is 2.73. The molecular formula is C17H13F3N4O3. The van der Waals surface area contributed by atoms with Crippen LogP contribution in [0.4, 0.5) is 18.9 Å². The molecule has 0 aliphatic carbocycles. The SMILES string of the molecule is O=C(Cn1cnc2cccc([N+](=O)[O-])c21)NCc1ccccc1C(F)(F)F. The minimum Gasteiger partial charge on any atom is -0.350 e. The Morgan fingerprint density at radius 3 is 2.63 bits per heavy atom. The van der Waals surface area contributed by atoms with Crippen molar-refractivity contribution < 1.29 is 22.9 Å². The van der Waals surface area contributed by atoms with E-state index in [1.807, 2.05) is 0 Å². The maximum Gasteiger partial charge on any atom is 0.416 e. The van der Waals surface area contributed by atoms with E-state index in [-0.39, 0.29) is 29.9 Å². The molecule has 0 radical (unpaired) electrons. The Kier molecular flexibility index (Phi) is 4.80. The molecule has 0 saturated carbocycles. The van der Waals surface area contributed by atoms with Gasteiger partial charge < -0.3 is 9.88 Å². The molecule has 1 aromatic heterocycles. The number of para-hydroxylation sites is 1. The number of nitro benzene ring substituents is 1. The highest BCUT2D eigenvalue weighted by Crippen LogP contribution is 2.31. The Bertz CT molecular complexity index is 1010. The third kappa shape index (κ3) is 3.89. The van der Waals surface area contributed by atoms with Crippen molar-refractivity contribution >= 4 is 22.6 Å². The topological polar surface area (TPSA) is 90.1 Å². The number of nitrogens with one attached hydrogen (secondary N) is 1. The standard InChI is InChI=1S/C17H13F3N4O3/c18-17(19,20)12-5-2-1-4-11(12)8-21-15(25)9-23-10-22-13-6-3-7-14(16(13)23)24(26)27/h1-7,10H,8-9H2,(H,21,25). The van der Waals surface area contributed by atoms with Crippen molar-refractivity contribution in [1.82, 2.24) is 14.9 Å². The van der Waals surface area contributed by atoms with E-state index in [1.54, 1.807) is 6.07 Å². The average molecular weight is 378 g/mol. The smallest absolute Gasteiger partial charge is 0.350 e. The molecule has 7 nitrogen and oxygen atoms in total. The first-order valence-electron chi connectivity index (χ1n) is 7.77. The maximum atomic E-state index is 13.0. The number of benzene rings is 2. The number of alkyl halides is 3. The molecule has 3 aromatic rings. The average Bonchev–Trinajstić information content (AvgIpc) is 3.02. The van der Waals surface area contributed by atoms with Crippen LogP contribution in [-0.4, -0.2) is 20.4 Å². The summed E-state index contributed by atoms with van der Waals surface area (Å²) in [6.45, 7) is -0.626. The lowest BCUT2D eigenvalue weighted by Crippen LogP contribution is -2.28. The van der Waals surface area contributed by atoms with Crippen molar-refractivity contribution in [2.75, 3.05) is 0 Å². The summed E-state index contributed by atoms with van der Waals surface area (Å²) in [5, 5.41) is 13.6. The summed E-state index contributed by atoms with van der Waals surface area (Å²) in [6.07, 6.45) is -3.25. The van der Waals surface area contributed by atoms with Gasteiger partial charge in [0, 0.05) is 12.6 Å². The van der Waals surface area contributed by atoms with Crippen LogP contribution in [0.25, 0.3) is 11.0 Å². The fraction of sp³-hybridized carbons (Fsp3) is 0.176. The van der Waals surface area contributed by atoms with E-state index < -0.39 is 22.6 Å². The second kappa shape index (κ2) is 7.06. The number of hydrogen-bond acceptors (Lipinski definition) is 4. The summed E-state index contributed by atoms with van der Waals surface area (Å²) in [5.74, 6) is -0.593. The van der Waals surface area contributed by atoms with Crippen molar-refractivity contribution in [2.45, 2.75) is 19.3 Å². The lowest BCUT2D eigenvalue weighted by atomic mass is 10.1. The monoisotopic (exact) mass is 378 g/mol. The number of rotatable bonds is 5. The van der Waals surface area contributed by atoms with Gasteiger partial charge in [-0.05, 0) is 17.7 Å². The number of imidazole rings is 1. The van der Waals surface area contributed by atoms with Gasteiger partial charge in [-0.3, -0.25) is 14.9 Å². The van der Waals surface area contributed by atoms with Crippen LogP contribution in [-0.2, 0) is 24.1 Å². The molecule has 0 aliphatic rings. The molecule has 0 fully saturated rings. The van der Waals surface area contributed by atoms with Crippen molar-refractivity contribution in [3.05, 3.63) is 70.0 Å². The number of hydrogen-bond donors (Lipinski definition) is 1. The number of carbonyl (C=O) groups excluding carboxylic acids is 1. The van der Waals surface area contributed by atoms with Crippen molar-refractivity contribution in [3.63, 3.8) is 0 Å². The van der Waals surface area contributed by atoms with Gasteiger partial charge in [-0.15, -0.1) is 0 Å². The largest absolute Gasteiger partial charge is 0.416 e. The zero-order valence-electron chi connectivity index (χ0n) is 13.7. The van der Waals surface area contributed by atoms with Crippen LogP contribution in [0.2, 0.25) is 0 Å². The maximum absolute atomic E-state index is 13.0. The Labute approximate surface area is 150 Å². The third-order valence-corrected chi connectivity index (χ3v) is 3.93. The molecule has 140 valence electrons. The molecule has 0 unspecified atom stereocenters. The second-order valence-electron chi connectivity index (χ2n) is 5.71. The molecule has 3 rings (SSSR count). The van der Waals surface area contributed by atoms with E-state index in [1.165, 1.54) is 41.2 Å². The number of fused-ring (bicyclic) bond motifs is 1. The molecule has 1 N–H and O–H groups in total. The first-order valence-corrected chi connectivity index (χ1v) is 7.77. The Morgan fingerprint density at radius 1 is 1.19 bits per heavy atom. The normalized spacial score (nSPS) is 11.5. The number of aromatic nitrogens is 2. The fourth-order valence-electron chi connectivity index (χ4n) is 2.73. The van der Waals surface area contributed by atoms with E-state index >= 15 is 0 Å². The Balaban J connectivity index is 1.77. The van der Waals surface area contributed by atoms with Gasteiger partial charge in [0.1, 0.15) is 12.1 Å². The molecule has 0 bridgehead atoms. The highest BCUT2D eigenvalue weighted by molar-refractivity contribution is 5.86. The molecule has 1 heterocycles. The van der Waals surface area contributed by atoms with Gasteiger partial charge in [0.25, 0.3) is 5.69 Å². The Hall–Kier alpha value is -3.43. The third-order valence-electron chi connectivity index (χ3n) is 3.93. The van der Waals surface area contributed by atoms with Crippen LogP contribution >= 0.6 is 0 Å². The van der Waals surface area contributed by atoms with Crippen LogP contribution in [0, 0.1) is 10.1 Å². The van der Waals surface area contributed by atoms with Crippen molar-refractivity contribution in [2.24, 2.45) is 0 Å². The van der Waals surface area contributed by atoms with Crippen LogP contribution in [0.1, 0.15) is 11.1 Å². The Morgan fingerprint density at radius 2 is 1.93 bits per heavy atom. The molecule has 2 aromatic carbocycles. The molecule has 1 amide bonds. The summed E-state index contributed by atoms with van der Waals surface area (Å²) in [7, 11) is 0. The number of non-ortho nitro benzene ring substituents is 1. The molecular weight excluding hydrogens is 365 g/mol. The van der Waals surface area contributed by atoms with Crippen molar-refractivity contribution in [3.8, 4) is 0 Å². The number of nitro groups is 1. The van der Waals surface area contributed by atoms with E-state index in [4.69, 9.17) is 0 Å². The quantitative estimate of drug-likeness (QED) is 0.545. The molecule has 0 aliphatic heterocycles. The van der Waals surface area contributed by atoms with Crippen LogP contribution in [0.3, 0.4) is 0 Å². The van der Waals surface area contributed by atoms with E-state index in [2.05, 4.69) is 10.3 Å². The van der Waals surface area contributed by atoms with E-state index in [0.29, 0.717) is 5.52 Å². The van der Waals surface area contributed by atoms with Crippen molar-refractivity contribution in [1.29, 1.82) is 0 Å². The van der Waals surface area contributed by atoms with Gasteiger partial charge >= 0.3 is 6.18 Å². The second-order valence-corrected chi connectivity index (χ2v) is 5.71. The van der Waals surface area contributed by atoms with Gasteiger partial charge in [0.15, 0.2) is 0 Å². The van der Waals surface area contributed by atoms with Gasteiger partial charge in [0.05, 0.1) is 22.3 Å². The highest BCUT2D eigenvalue weighted by atomic mass is 19.4. The first-order chi connectivity index (χ1) is 12.8. The summed E-state index contributed by atoms with van der Waals surface area (Å²) in [6, 6.07) is 9.27. The summed E-state index contributed by atoms with van der Waals surface area (Å²) >= 11 is 0. The lowest BCUT2D eigenvalue weighted by Gasteiger charge is -2.13. The summed E-state index contributed by atoms with van der Waals surface area (Å²) in [4.78, 5) is 26.7. The predicted molar refractivity (Wildman–Crippen MR) is 89.7 cm³/mol. The lowest BCUT2D eigenvalue weighted by molar-refractivity contribution is -0.383. The van der Waals surface area contributed by atoms with Gasteiger partial charge in [-0.2, -0.15) is 13.2 Å². The number of halogens is 3. The minimum absolute atomic E-state index is 0.0696. The van der Waals surface area contributed by atoms with E-state index in [0.717, 1.165) is 6.07 Å². The van der Waals surface area contributed by atoms with Crippen LogP contribution in [0.5, 0.6) is 0 Å². The van der Waals surface area contributed by atoms with Crippen LogP contribution in [0.15, 0.2) is 48.8 Å². The zero-order valence-corrected chi connectivity index (χ0v) is 13.7. The van der Waals surface area contributed by atoms with Gasteiger partial charge in [-0.25, -0.2) is 4.98 Å². The van der Waals surface area contributed by atoms with Gasteiger partial charge in [0.2, 0.25) is 5.91 Å². The highest BCUT2D eigenvalue weighted by Gasteiger charge is 2.32. The van der Waals surface area contributed by atoms with E-state index in [9.17, 15) is 28.1 Å². The summed E-state index contributed by atoms with van der Waals surface area (Å²) < 4.78 is 40.2. The number of carbonyl (C=O) groups is 1. The van der Waals surface area contributed by atoms with Gasteiger partial charge in [-0.1, -0.05) is 24.3 Å². The summed E-state index contributed by atoms with van der Waals surface area (Å²) in [5.41, 5.74) is -0.582. The molecule has 0 saturated heterocycles. The minimum atomic E-state index is -4.53. The van der Waals surface area contributed by atoms with Crippen LogP contribution < -0.4 is 5.32 Å².